The first-order valence-electron chi connectivity index (χ1n) is 10.1. The molecule has 0 bridgehead atoms. The lowest BCUT2D eigenvalue weighted by molar-refractivity contribution is -0.573. The molecule has 9 heteroatoms. The molecule has 0 heterocycles. The first kappa shape index (κ1) is 26.9. The predicted octanol–water partition coefficient (Wildman–Crippen LogP) is 3.14. The van der Waals surface area contributed by atoms with Gasteiger partial charge in [-0.1, -0.05) is 50.5 Å². The molecule has 0 aromatic heterocycles. The second-order valence-corrected chi connectivity index (χ2v) is 7.00. The third-order valence-corrected chi connectivity index (χ3v) is 4.66. The van der Waals surface area contributed by atoms with Crippen LogP contribution in [0.1, 0.15) is 71.1 Å². The van der Waals surface area contributed by atoms with Crippen molar-refractivity contribution in [1.29, 1.82) is 0 Å². The average molecular weight is 413 g/mol. The van der Waals surface area contributed by atoms with Crippen LogP contribution >= 0.6 is 0 Å². The van der Waals surface area contributed by atoms with E-state index < -0.39 is 40.6 Å². The van der Waals surface area contributed by atoms with E-state index in [-0.39, 0.29) is 12.8 Å². The molecule has 4 unspecified atom stereocenters. The topological polar surface area (TPSA) is 144 Å². The summed E-state index contributed by atoms with van der Waals surface area (Å²) in [5.41, 5.74) is 0. The SMILES string of the molecule is CC/C=C\C/C=C\CC(O)C(CC(C(O)CCCCCC[C]=O)[N+](=O)[O-])[N+](=O)[O-]. The quantitative estimate of drug-likeness (QED) is 0.152. The van der Waals surface area contributed by atoms with E-state index in [2.05, 4.69) is 0 Å². The summed E-state index contributed by atoms with van der Waals surface area (Å²) in [4.78, 5) is 31.4. The summed E-state index contributed by atoms with van der Waals surface area (Å²) >= 11 is 0. The van der Waals surface area contributed by atoms with Crippen LogP contribution in [-0.4, -0.2) is 50.6 Å². The Balaban J connectivity index is 4.69. The lowest BCUT2D eigenvalue weighted by atomic mass is 9.94. The number of rotatable bonds is 18. The van der Waals surface area contributed by atoms with E-state index in [0.29, 0.717) is 32.1 Å². The fraction of sp³-hybridized carbons (Fsp3) is 0.750. The summed E-state index contributed by atoms with van der Waals surface area (Å²) in [5, 5.41) is 43.0. The highest BCUT2D eigenvalue weighted by Gasteiger charge is 2.40. The third kappa shape index (κ3) is 12.8. The fourth-order valence-corrected chi connectivity index (χ4v) is 2.94. The van der Waals surface area contributed by atoms with Gasteiger partial charge < -0.3 is 10.2 Å². The Morgan fingerprint density at radius 2 is 1.48 bits per heavy atom. The minimum absolute atomic E-state index is 0.0138. The Labute approximate surface area is 171 Å². The van der Waals surface area contributed by atoms with Gasteiger partial charge in [0.05, 0.1) is 6.42 Å². The standard InChI is InChI=1S/C20H33N2O7/c1-2-3-4-5-7-10-13-19(24)17(21(26)27)16-18(22(28)29)20(25)14-11-8-6-9-12-15-23/h3-4,7,10,17-20,24-25H,2,5-6,8-9,11-14,16H2,1H3/b4-3-,10-7-. The Hall–Kier alpha value is -2.13. The van der Waals surface area contributed by atoms with E-state index >= 15 is 0 Å². The largest absolute Gasteiger partial charge is 0.386 e. The van der Waals surface area contributed by atoms with Gasteiger partial charge in [-0.2, -0.15) is 0 Å². The maximum atomic E-state index is 11.3. The molecule has 0 aliphatic rings. The summed E-state index contributed by atoms with van der Waals surface area (Å²) in [7, 11) is 0. The molecule has 1 radical (unpaired) electrons. The zero-order valence-corrected chi connectivity index (χ0v) is 17.0. The minimum atomic E-state index is -1.53. The van der Waals surface area contributed by atoms with E-state index in [1.54, 1.807) is 18.4 Å². The molecule has 165 valence electrons. The molecular weight excluding hydrogens is 380 g/mol. The Morgan fingerprint density at radius 1 is 0.897 bits per heavy atom. The fourth-order valence-electron chi connectivity index (χ4n) is 2.94. The molecule has 0 aliphatic heterocycles. The van der Waals surface area contributed by atoms with E-state index in [0.717, 1.165) is 12.8 Å². The number of carbonyl (C=O) groups excluding carboxylic acids is 1. The van der Waals surface area contributed by atoms with Crippen LogP contribution in [0.15, 0.2) is 24.3 Å². The summed E-state index contributed by atoms with van der Waals surface area (Å²) in [6.07, 6.45) is 10.5. The van der Waals surface area contributed by atoms with Crippen molar-refractivity contribution in [2.45, 2.75) is 95.4 Å². The third-order valence-electron chi connectivity index (χ3n) is 4.66. The predicted molar refractivity (Wildman–Crippen MR) is 109 cm³/mol. The highest BCUT2D eigenvalue weighted by Crippen LogP contribution is 2.18. The van der Waals surface area contributed by atoms with Gasteiger partial charge in [0.25, 0.3) is 0 Å². The molecule has 0 rings (SSSR count). The van der Waals surface area contributed by atoms with Gasteiger partial charge in [0.2, 0.25) is 12.1 Å². The van der Waals surface area contributed by atoms with Crippen LogP contribution in [0.25, 0.3) is 0 Å². The second kappa shape index (κ2) is 16.8. The number of hydrogen-bond donors (Lipinski definition) is 2. The summed E-state index contributed by atoms with van der Waals surface area (Å²) in [5.74, 6) is 0. The van der Waals surface area contributed by atoms with Crippen molar-refractivity contribution in [2.75, 3.05) is 0 Å². The number of hydrogen-bond acceptors (Lipinski definition) is 7. The van der Waals surface area contributed by atoms with Gasteiger partial charge in [-0.05, 0) is 32.1 Å². The monoisotopic (exact) mass is 413 g/mol. The zero-order chi connectivity index (χ0) is 22.1. The highest BCUT2D eigenvalue weighted by atomic mass is 16.6. The summed E-state index contributed by atoms with van der Waals surface area (Å²) in [6.45, 7) is 2.00. The number of unbranched alkanes of at least 4 members (excludes halogenated alkanes) is 4. The normalized spacial score (nSPS) is 16.0. The van der Waals surface area contributed by atoms with E-state index in [9.17, 15) is 35.2 Å². The maximum Gasteiger partial charge on any atom is 0.245 e. The van der Waals surface area contributed by atoms with E-state index in [1.807, 2.05) is 19.1 Å². The summed E-state index contributed by atoms with van der Waals surface area (Å²) < 4.78 is 0. The van der Waals surface area contributed by atoms with Gasteiger partial charge in [-0.15, -0.1) is 0 Å². The van der Waals surface area contributed by atoms with Crippen molar-refractivity contribution >= 4 is 6.29 Å². The van der Waals surface area contributed by atoms with Crippen LogP contribution in [0.3, 0.4) is 0 Å². The second-order valence-electron chi connectivity index (χ2n) is 7.00. The highest BCUT2D eigenvalue weighted by molar-refractivity contribution is 5.50. The van der Waals surface area contributed by atoms with E-state index in [1.165, 1.54) is 0 Å². The molecule has 9 nitrogen and oxygen atoms in total. The number of aliphatic hydroxyl groups is 2. The zero-order valence-electron chi connectivity index (χ0n) is 17.0. The molecular formula is C20H33N2O7. The Morgan fingerprint density at radius 3 is 2.07 bits per heavy atom. The molecule has 0 amide bonds. The van der Waals surface area contributed by atoms with Crippen molar-refractivity contribution in [3.8, 4) is 0 Å². The lowest BCUT2D eigenvalue weighted by Gasteiger charge is -2.20. The molecule has 0 spiro atoms. The smallest absolute Gasteiger partial charge is 0.245 e. The van der Waals surface area contributed by atoms with Crippen LogP contribution in [0, 0.1) is 20.2 Å². The van der Waals surface area contributed by atoms with Crippen LogP contribution in [0.4, 0.5) is 0 Å². The van der Waals surface area contributed by atoms with Crippen molar-refractivity contribution in [1.82, 2.24) is 0 Å². The Bertz CT molecular complexity index is 537. The molecule has 0 saturated carbocycles. The number of aliphatic hydroxyl groups excluding tert-OH is 2. The molecule has 4 atom stereocenters. The van der Waals surface area contributed by atoms with Gasteiger partial charge in [-0.3, -0.25) is 25.0 Å². The summed E-state index contributed by atoms with van der Waals surface area (Å²) in [6, 6.07) is -3.04. The van der Waals surface area contributed by atoms with Crippen molar-refractivity contribution in [3.63, 3.8) is 0 Å². The van der Waals surface area contributed by atoms with E-state index in [4.69, 9.17) is 0 Å². The van der Waals surface area contributed by atoms with Gasteiger partial charge in [-0.25, -0.2) is 0 Å². The molecule has 2 N–H and O–H groups in total. The molecule has 0 fully saturated rings. The van der Waals surface area contributed by atoms with Crippen molar-refractivity contribution in [2.24, 2.45) is 0 Å². The van der Waals surface area contributed by atoms with Crippen LogP contribution in [0.5, 0.6) is 0 Å². The van der Waals surface area contributed by atoms with Gasteiger partial charge in [0, 0.05) is 16.3 Å². The van der Waals surface area contributed by atoms with Gasteiger partial charge >= 0.3 is 0 Å². The molecule has 0 aromatic rings. The van der Waals surface area contributed by atoms with Crippen LogP contribution in [0.2, 0.25) is 0 Å². The molecule has 0 aromatic carbocycles. The Kier molecular flexibility index (Phi) is 15.6. The number of nitro groups is 2. The minimum Gasteiger partial charge on any atom is -0.386 e. The van der Waals surface area contributed by atoms with Gasteiger partial charge in [0.15, 0.2) is 6.29 Å². The number of nitrogens with zero attached hydrogens (tertiary/aromatic N) is 2. The first-order valence-corrected chi connectivity index (χ1v) is 10.1. The van der Waals surface area contributed by atoms with Crippen LogP contribution in [-0.2, 0) is 4.79 Å². The average Bonchev–Trinajstić information content (AvgIpc) is 2.66. The molecule has 29 heavy (non-hydrogen) atoms. The lowest BCUT2D eigenvalue weighted by Crippen LogP contribution is -2.43. The number of allylic oxidation sites excluding steroid dienone is 3. The molecule has 0 aliphatic carbocycles. The molecule has 0 saturated heterocycles. The van der Waals surface area contributed by atoms with Gasteiger partial charge in [0.1, 0.15) is 12.2 Å². The van der Waals surface area contributed by atoms with Crippen molar-refractivity contribution < 1.29 is 24.9 Å². The first-order chi connectivity index (χ1) is 13.8. The van der Waals surface area contributed by atoms with Crippen molar-refractivity contribution in [3.05, 3.63) is 44.5 Å². The maximum absolute atomic E-state index is 11.3. The van der Waals surface area contributed by atoms with Crippen LogP contribution < -0.4 is 0 Å².